The van der Waals surface area contributed by atoms with Gasteiger partial charge in [-0.1, -0.05) is 12.1 Å². The number of para-hydroxylation sites is 1. The molecule has 0 aromatic heterocycles. The molecule has 0 radical (unpaired) electrons. The molecular formula is C8H10NO4PS. The van der Waals surface area contributed by atoms with Gasteiger partial charge >= 0.3 is 12.6 Å². The van der Waals surface area contributed by atoms with Crippen LogP contribution >= 0.6 is 6.64 Å². The molecule has 1 rings (SSSR count). The highest BCUT2D eigenvalue weighted by Gasteiger charge is 2.17. The van der Waals surface area contributed by atoms with Gasteiger partial charge in [0.2, 0.25) is 0 Å². The maximum atomic E-state index is 10.8. The van der Waals surface area contributed by atoms with Crippen LogP contribution in [0.25, 0.3) is 0 Å². The number of hydrogen-bond donors (Lipinski definition) is 2. The third-order valence-corrected chi connectivity index (χ3v) is 3.23. The van der Waals surface area contributed by atoms with Gasteiger partial charge in [-0.2, -0.15) is 0 Å². The van der Waals surface area contributed by atoms with E-state index in [0.717, 1.165) is 0 Å². The molecule has 0 heterocycles. The van der Waals surface area contributed by atoms with Crippen molar-refractivity contribution in [2.75, 3.05) is 7.11 Å². The molecule has 0 fully saturated rings. The van der Waals surface area contributed by atoms with E-state index in [4.69, 9.17) is 31.5 Å². The summed E-state index contributed by atoms with van der Waals surface area (Å²) in [4.78, 5) is 10.8. The third kappa shape index (κ3) is 3.28. The lowest BCUT2D eigenvalue weighted by atomic mass is 10.2. The minimum atomic E-state index is -2.89. The molecular weight excluding hydrogens is 237 g/mol. The maximum Gasteiger partial charge on any atom is 0.339 e. The van der Waals surface area contributed by atoms with Crippen LogP contribution in [0.5, 0.6) is 5.75 Å². The first-order chi connectivity index (χ1) is 6.96. The number of aromatic carboxylic acids is 1. The summed E-state index contributed by atoms with van der Waals surface area (Å²) in [6, 6.07) is 6.11. The zero-order chi connectivity index (χ0) is 11.5. The Kier molecular flexibility index (Phi) is 3.82. The summed E-state index contributed by atoms with van der Waals surface area (Å²) in [5.74, 6) is -0.977. The Morgan fingerprint density at radius 3 is 2.67 bits per heavy atom. The normalized spacial score (nSPS) is 14.3. The minimum Gasteiger partial charge on any atom is -0.478 e. The van der Waals surface area contributed by atoms with Crippen LogP contribution in [0.1, 0.15) is 10.4 Å². The molecule has 7 heteroatoms. The Morgan fingerprint density at radius 1 is 1.53 bits per heavy atom. The minimum absolute atomic E-state index is 0.00854. The van der Waals surface area contributed by atoms with Gasteiger partial charge in [0, 0.05) is 7.11 Å². The Hall–Kier alpha value is -0.940. The van der Waals surface area contributed by atoms with E-state index in [-0.39, 0.29) is 11.3 Å². The van der Waals surface area contributed by atoms with Crippen molar-refractivity contribution in [3.8, 4) is 5.75 Å². The fourth-order valence-electron chi connectivity index (χ4n) is 0.897. The molecule has 1 atom stereocenters. The van der Waals surface area contributed by atoms with Gasteiger partial charge in [-0.3, -0.25) is 0 Å². The Morgan fingerprint density at radius 2 is 2.13 bits per heavy atom. The SMILES string of the molecule is COP(N)(=S)Oc1ccccc1C(=O)O. The monoisotopic (exact) mass is 247 g/mol. The van der Waals surface area contributed by atoms with Crippen LogP contribution in [0.3, 0.4) is 0 Å². The van der Waals surface area contributed by atoms with Gasteiger partial charge in [0.15, 0.2) is 0 Å². The van der Waals surface area contributed by atoms with Crippen molar-refractivity contribution < 1.29 is 18.9 Å². The summed E-state index contributed by atoms with van der Waals surface area (Å²) in [5.41, 5.74) is 5.51. The van der Waals surface area contributed by atoms with E-state index in [2.05, 4.69) is 0 Å². The van der Waals surface area contributed by atoms with Crippen LogP contribution in [-0.2, 0) is 16.3 Å². The second-order valence-corrected chi connectivity index (χ2v) is 5.77. The highest BCUT2D eigenvalue weighted by molar-refractivity contribution is 8.08. The molecule has 1 aromatic carbocycles. The van der Waals surface area contributed by atoms with Crippen molar-refractivity contribution in [1.82, 2.24) is 0 Å². The topological polar surface area (TPSA) is 81.8 Å². The first-order valence-electron chi connectivity index (χ1n) is 3.92. The lowest BCUT2D eigenvalue weighted by Gasteiger charge is -2.16. The van der Waals surface area contributed by atoms with Crippen molar-refractivity contribution in [3.05, 3.63) is 29.8 Å². The zero-order valence-corrected chi connectivity index (χ0v) is 9.63. The van der Waals surface area contributed by atoms with E-state index in [0.29, 0.717) is 0 Å². The zero-order valence-electron chi connectivity index (χ0n) is 7.91. The van der Waals surface area contributed by atoms with Gasteiger partial charge in [-0.05, 0) is 23.9 Å². The third-order valence-electron chi connectivity index (χ3n) is 1.60. The number of carbonyl (C=O) groups is 1. The van der Waals surface area contributed by atoms with Crippen LogP contribution in [0.15, 0.2) is 24.3 Å². The molecule has 0 saturated carbocycles. The molecule has 0 amide bonds. The number of carboxylic acids is 1. The maximum absolute atomic E-state index is 10.8. The average molecular weight is 247 g/mol. The molecule has 0 aliphatic heterocycles. The summed E-state index contributed by atoms with van der Waals surface area (Å²) in [5, 5.41) is 8.85. The van der Waals surface area contributed by atoms with Crippen LogP contribution in [-0.4, -0.2) is 18.2 Å². The molecule has 0 spiro atoms. The predicted molar refractivity (Wildman–Crippen MR) is 59.5 cm³/mol. The fraction of sp³-hybridized carbons (Fsp3) is 0.125. The molecule has 0 saturated heterocycles. The molecule has 82 valence electrons. The van der Waals surface area contributed by atoms with Crippen LogP contribution in [0.2, 0.25) is 0 Å². The van der Waals surface area contributed by atoms with Crippen LogP contribution < -0.4 is 10.0 Å². The van der Waals surface area contributed by atoms with Gasteiger partial charge in [-0.25, -0.2) is 10.3 Å². The number of rotatable bonds is 4. The molecule has 15 heavy (non-hydrogen) atoms. The van der Waals surface area contributed by atoms with Crippen molar-refractivity contribution in [3.63, 3.8) is 0 Å². The summed E-state index contributed by atoms with van der Waals surface area (Å²) in [7, 11) is 1.32. The van der Waals surface area contributed by atoms with Crippen LogP contribution in [0, 0.1) is 0 Å². The number of carboxylic acid groups (broad SMARTS) is 1. The molecule has 5 nitrogen and oxygen atoms in total. The lowest BCUT2D eigenvalue weighted by Crippen LogP contribution is -2.07. The first kappa shape index (κ1) is 12.1. The van der Waals surface area contributed by atoms with E-state index < -0.39 is 12.6 Å². The van der Waals surface area contributed by atoms with E-state index >= 15 is 0 Å². The second kappa shape index (κ2) is 4.72. The van der Waals surface area contributed by atoms with Crippen molar-refractivity contribution >= 4 is 24.4 Å². The van der Waals surface area contributed by atoms with Gasteiger partial charge < -0.3 is 14.2 Å². The van der Waals surface area contributed by atoms with Crippen molar-refractivity contribution in [1.29, 1.82) is 0 Å². The predicted octanol–water partition coefficient (Wildman–Crippen LogP) is 1.59. The summed E-state index contributed by atoms with van der Waals surface area (Å²) in [6.45, 7) is -2.89. The van der Waals surface area contributed by atoms with Gasteiger partial charge in [0.25, 0.3) is 0 Å². The smallest absolute Gasteiger partial charge is 0.339 e. The summed E-state index contributed by atoms with van der Waals surface area (Å²) >= 11 is 4.82. The summed E-state index contributed by atoms with van der Waals surface area (Å²) in [6.07, 6.45) is 0. The standard InChI is InChI=1S/C8H10NO4PS/c1-12-14(9,15)13-7-5-3-2-4-6(7)8(10)11/h2-5H,1H3,(H2,9,15)(H,10,11). The van der Waals surface area contributed by atoms with Crippen molar-refractivity contribution in [2.45, 2.75) is 0 Å². The summed E-state index contributed by atoms with van der Waals surface area (Å²) < 4.78 is 9.91. The Balaban J connectivity index is 3.05. The van der Waals surface area contributed by atoms with Crippen LogP contribution in [0.4, 0.5) is 0 Å². The van der Waals surface area contributed by atoms with E-state index in [1.807, 2.05) is 0 Å². The lowest BCUT2D eigenvalue weighted by molar-refractivity contribution is 0.0695. The first-order valence-corrected chi connectivity index (χ1v) is 6.63. The molecule has 0 aliphatic carbocycles. The largest absolute Gasteiger partial charge is 0.478 e. The highest BCUT2D eigenvalue weighted by atomic mass is 32.5. The molecule has 1 aromatic rings. The second-order valence-electron chi connectivity index (χ2n) is 2.62. The Labute approximate surface area is 92.0 Å². The quantitative estimate of drug-likeness (QED) is 0.786. The fourth-order valence-corrected chi connectivity index (χ4v) is 1.65. The molecule has 0 bridgehead atoms. The number of benzene rings is 1. The van der Waals surface area contributed by atoms with Gasteiger partial charge in [0.1, 0.15) is 11.3 Å². The van der Waals surface area contributed by atoms with Gasteiger partial charge in [0.05, 0.1) is 0 Å². The van der Waals surface area contributed by atoms with E-state index in [9.17, 15) is 4.79 Å². The van der Waals surface area contributed by atoms with E-state index in [1.54, 1.807) is 12.1 Å². The molecule has 0 aliphatic rings. The van der Waals surface area contributed by atoms with Gasteiger partial charge in [-0.15, -0.1) is 0 Å². The number of hydrogen-bond acceptors (Lipinski definition) is 4. The number of nitrogens with two attached hydrogens (primary N) is 1. The van der Waals surface area contributed by atoms with E-state index in [1.165, 1.54) is 19.2 Å². The molecule has 1 unspecified atom stereocenters. The molecule has 3 N–H and O–H groups in total. The average Bonchev–Trinajstić information content (AvgIpc) is 2.18. The highest BCUT2D eigenvalue weighted by Crippen LogP contribution is 2.40. The Bertz CT molecular complexity index is 423. The van der Waals surface area contributed by atoms with Crippen molar-refractivity contribution in [2.24, 2.45) is 5.50 Å².